The summed E-state index contributed by atoms with van der Waals surface area (Å²) in [4.78, 5) is 16.7. The van der Waals surface area contributed by atoms with Gasteiger partial charge in [0.05, 0.1) is 41.8 Å². The summed E-state index contributed by atoms with van der Waals surface area (Å²) in [5, 5.41) is 5.92. The third-order valence-corrected chi connectivity index (χ3v) is 7.98. The summed E-state index contributed by atoms with van der Waals surface area (Å²) in [5.41, 5.74) is -0.0355. The second-order valence-corrected chi connectivity index (χ2v) is 13.7. The zero-order valence-corrected chi connectivity index (χ0v) is 26.4. The van der Waals surface area contributed by atoms with Gasteiger partial charge < -0.3 is 18.6 Å². The third kappa shape index (κ3) is 7.92. The van der Waals surface area contributed by atoms with Gasteiger partial charge in [0.1, 0.15) is 29.4 Å². The van der Waals surface area contributed by atoms with Gasteiger partial charge >= 0.3 is 5.97 Å². The van der Waals surface area contributed by atoms with Crippen LogP contribution in [0.15, 0.2) is 59.3 Å². The molecule has 1 N–H and O–H groups in total. The number of carbonyl (C=O) groups is 1. The topological polar surface area (TPSA) is 99.9 Å². The summed E-state index contributed by atoms with van der Waals surface area (Å²) >= 11 is 0. The quantitative estimate of drug-likeness (QED) is 0.151. The molecule has 4 aromatic rings. The Labute approximate surface area is 257 Å². The predicted molar refractivity (Wildman–Crippen MR) is 165 cm³/mol. The van der Waals surface area contributed by atoms with Crippen LogP contribution in [0.4, 0.5) is 8.78 Å². The van der Waals surface area contributed by atoms with Crippen LogP contribution in [0.25, 0.3) is 22.1 Å². The highest BCUT2D eigenvalue weighted by Gasteiger charge is 2.25. The number of benzene rings is 2. The number of fused-ring (bicyclic) bond motifs is 1. The van der Waals surface area contributed by atoms with E-state index >= 15 is 8.78 Å². The Morgan fingerprint density at radius 3 is 2.55 bits per heavy atom. The first-order chi connectivity index (χ1) is 20.8. The zero-order chi connectivity index (χ0) is 32.1. The van der Waals surface area contributed by atoms with Crippen molar-refractivity contribution in [1.29, 1.82) is 0 Å². The summed E-state index contributed by atoms with van der Waals surface area (Å²) in [5.74, 6) is -1.56. The number of aromatic nitrogens is 1. The number of nitrogens with one attached hydrogen (secondary N) is 1. The normalized spacial score (nSPS) is 11.8. The standard InChI is InChI=1S/C33H36F2N2O6S/c1-32(2,3)44(39)20-36-17-25-30(35)24(11-13-37-25)28-29(34)23(15-22-12-14-41-31(22)28)18-42-26-10-8-7-9-21(26)16-27(38)43-33(4,5)19-40-6/h7-15,36H,16-19H2,1-6H3. The van der Waals surface area contributed by atoms with E-state index in [0.717, 1.165) is 0 Å². The summed E-state index contributed by atoms with van der Waals surface area (Å²) in [6.45, 7) is 8.82. The molecule has 0 fully saturated rings. The largest absolute Gasteiger partial charge is 0.488 e. The van der Waals surface area contributed by atoms with Crippen molar-refractivity contribution >= 4 is 27.1 Å². The smallest absolute Gasteiger partial charge is 0.311 e. The van der Waals surface area contributed by atoms with Gasteiger partial charge in [-0.2, -0.15) is 0 Å². The molecule has 0 atom stereocenters. The average Bonchev–Trinajstić information content (AvgIpc) is 3.41. The number of halogens is 2. The molecule has 0 aliphatic rings. The van der Waals surface area contributed by atoms with Crippen molar-refractivity contribution in [2.45, 2.75) is 64.5 Å². The van der Waals surface area contributed by atoms with Crippen LogP contribution < -0.4 is 10.1 Å². The second-order valence-electron chi connectivity index (χ2n) is 11.8. The van der Waals surface area contributed by atoms with Gasteiger partial charge in [-0.15, -0.1) is 0 Å². The second kappa shape index (κ2) is 13.7. The molecular weight excluding hydrogens is 590 g/mol. The zero-order valence-electron chi connectivity index (χ0n) is 25.6. The SMILES string of the molecule is COCC(C)(C)OC(=O)Cc1ccccc1OCc1cc2ccoc2c(-c2ccnc(CNC#S(=O)C(C)(C)C)c2F)c1F. The van der Waals surface area contributed by atoms with Crippen LogP contribution in [0.5, 0.6) is 5.75 Å². The molecule has 2 heterocycles. The van der Waals surface area contributed by atoms with Gasteiger partial charge in [-0.05, 0) is 58.9 Å². The predicted octanol–water partition coefficient (Wildman–Crippen LogP) is 6.42. The first-order valence-electron chi connectivity index (χ1n) is 13.9. The van der Waals surface area contributed by atoms with Crippen molar-refractivity contribution in [1.82, 2.24) is 10.3 Å². The van der Waals surface area contributed by atoms with Crippen molar-refractivity contribution in [3.8, 4) is 22.2 Å². The van der Waals surface area contributed by atoms with Crippen molar-refractivity contribution < 1.29 is 36.4 Å². The van der Waals surface area contributed by atoms with Crippen LogP contribution >= 0.6 is 0 Å². The molecule has 0 unspecified atom stereocenters. The molecule has 234 valence electrons. The van der Waals surface area contributed by atoms with E-state index in [1.54, 1.807) is 71.0 Å². The van der Waals surface area contributed by atoms with Crippen LogP contribution in [0.1, 0.15) is 51.4 Å². The fraction of sp³-hybridized carbons (Fsp3) is 0.364. The Bertz CT molecular complexity index is 1800. The fourth-order valence-corrected chi connectivity index (χ4v) is 4.97. The van der Waals surface area contributed by atoms with Crippen LogP contribution in [-0.4, -0.2) is 39.2 Å². The molecule has 11 heteroatoms. The van der Waals surface area contributed by atoms with Gasteiger partial charge in [0.25, 0.3) is 0 Å². The number of hydrogen-bond donors (Lipinski definition) is 1. The number of para-hydroxylation sites is 1. The van der Waals surface area contributed by atoms with Crippen molar-refractivity contribution in [3.05, 3.63) is 83.4 Å². The Morgan fingerprint density at radius 1 is 1.07 bits per heavy atom. The van der Waals surface area contributed by atoms with Crippen molar-refractivity contribution in [2.75, 3.05) is 13.7 Å². The lowest BCUT2D eigenvalue weighted by molar-refractivity contribution is -0.160. The minimum atomic E-state index is -1.44. The molecule has 8 nitrogen and oxygen atoms in total. The minimum absolute atomic E-state index is 0.00356. The number of hydrogen-bond acceptors (Lipinski definition) is 8. The molecule has 0 radical (unpaired) electrons. The number of ether oxygens (including phenoxy) is 3. The molecule has 0 aliphatic carbocycles. The molecule has 0 spiro atoms. The van der Waals surface area contributed by atoms with Gasteiger partial charge in [-0.1, -0.05) is 18.2 Å². The Morgan fingerprint density at radius 2 is 1.82 bits per heavy atom. The maximum absolute atomic E-state index is 16.2. The maximum atomic E-state index is 16.2. The maximum Gasteiger partial charge on any atom is 0.311 e. The fourth-order valence-electron chi connectivity index (χ4n) is 4.46. The summed E-state index contributed by atoms with van der Waals surface area (Å²) in [7, 11) is 0.0888. The van der Waals surface area contributed by atoms with E-state index in [0.29, 0.717) is 16.7 Å². The number of nitrogens with zero attached hydrogens (tertiary/aromatic N) is 1. The van der Waals surface area contributed by atoms with Crippen LogP contribution in [0.3, 0.4) is 0 Å². The highest BCUT2D eigenvalue weighted by atomic mass is 32.2. The summed E-state index contributed by atoms with van der Waals surface area (Å²) < 4.78 is 65.9. The van der Waals surface area contributed by atoms with Gasteiger partial charge in [-0.3, -0.25) is 9.78 Å². The van der Waals surface area contributed by atoms with E-state index in [-0.39, 0.29) is 54.1 Å². The number of methoxy groups -OCH3 is 1. The number of furan rings is 1. The molecular formula is C33H36F2N2O6S. The first-order valence-corrected chi connectivity index (χ1v) is 15.1. The van der Waals surface area contributed by atoms with Crippen LogP contribution in [-0.2, 0) is 44.0 Å². The summed E-state index contributed by atoms with van der Waals surface area (Å²) in [6.07, 6.45) is 2.71. The number of carbonyl (C=O) groups excluding carboxylic acids is 1. The van der Waals surface area contributed by atoms with E-state index in [1.165, 1.54) is 25.6 Å². The summed E-state index contributed by atoms with van der Waals surface area (Å²) in [6, 6.07) is 11.5. The molecule has 44 heavy (non-hydrogen) atoms. The van der Waals surface area contributed by atoms with Gasteiger partial charge in [0.15, 0.2) is 5.82 Å². The van der Waals surface area contributed by atoms with Gasteiger partial charge in [0, 0.05) is 50.9 Å². The minimum Gasteiger partial charge on any atom is -0.488 e. The van der Waals surface area contributed by atoms with Crippen molar-refractivity contribution in [2.24, 2.45) is 0 Å². The van der Waals surface area contributed by atoms with E-state index < -0.39 is 38.2 Å². The highest BCUT2D eigenvalue weighted by Crippen LogP contribution is 2.36. The molecule has 0 aliphatic heterocycles. The lowest BCUT2D eigenvalue weighted by Crippen LogP contribution is -2.33. The molecule has 2 aromatic carbocycles. The lowest BCUT2D eigenvalue weighted by atomic mass is 9.99. The molecule has 0 bridgehead atoms. The Kier molecular flexibility index (Phi) is 10.3. The molecule has 0 saturated carbocycles. The molecule has 4 rings (SSSR count). The first kappa shape index (κ1) is 32.9. The average molecular weight is 627 g/mol. The number of esters is 1. The van der Waals surface area contributed by atoms with Crippen LogP contribution in [0.2, 0.25) is 0 Å². The number of rotatable bonds is 11. The monoisotopic (exact) mass is 626 g/mol. The van der Waals surface area contributed by atoms with E-state index in [1.807, 2.05) is 0 Å². The highest BCUT2D eigenvalue weighted by molar-refractivity contribution is 7.75. The lowest BCUT2D eigenvalue weighted by Gasteiger charge is -2.24. The number of pyridine rings is 1. The van der Waals surface area contributed by atoms with Gasteiger partial charge in [0.2, 0.25) is 0 Å². The Balaban J connectivity index is 1.61. The Hall–Kier alpha value is -4.02. The van der Waals surface area contributed by atoms with E-state index in [9.17, 15) is 9.00 Å². The third-order valence-electron chi connectivity index (χ3n) is 6.53. The van der Waals surface area contributed by atoms with E-state index in [2.05, 4.69) is 15.6 Å². The van der Waals surface area contributed by atoms with Crippen molar-refractivity contribution in [3.63, 3.8) is 0 Å². The van der Waals surface area contributed by atoms with E-state index in [4.69, 9.17) is 18.6 Å². The van der Waals surface area contributed by atoms with Gasteiger partial charge in [-0.25, -0.2) is 18.3 Å². The van der Waals surface area contributed by atoms with Crippen LogP contribution in [0, 0.1) is 16.9 Å². The molecule has 2 aromatic heterocycles. The molecule has 0 amide bonds. The molecule has 0 saturated heterocycles.